The van der Waals surface area contributed by atoms with Crippen molar-refractivity contribution in [3.8, 4) is 6.01 Å². The highest BCUT2D eigenvalue weighted by molar-refractivity contribution is 5.78. The summed E-state index contributed by atoms with van der Waals surface area (Å²) in [5, 5.41) is 0. The monoisotopic (exact) mass is 212 g/mol. The van der Waals surface area contributed by atoms with Crippen LogP contribution in [0.25, 0.3) is 0 Å². The van der Waals surface area contributed by atoms with Crippen molar-refractivity contribution in [1.82, 2.24) is 15.0 Å². The number of amides is 1. The molecule has 1 rings (SSSR count). The Labute approximate surface area is 86.3 Å². The van der Waals surface area contributed by atoms with Crippen LogP contribution in [0.15, 0.2) is 0 Å². The van der Waals surface area contributed by atoms with E-state index in [0.717, 1.165) is 0 Å². The standard InChI is InChI=1S/C7H12N6O2/c1-13(3-4(8)14)6-10-5(9)11-7(12-6)15-2/h3H2,1-2H3,(H2,8,14)(H2,9,10,11,12). The second-order valence-corrected chi connectivity index (χ2v) is 2.80. The molecule has 4 N–H and O–H groups in total. The number of anilines is 2. The molecule has 8 heteroatoms. The molecule has 1 aromatic heterocycles. The van der Waals surface area contributed by atoms with E-state index in [-0.39, 0.29) is 24.5 Å². The molecule has 0 aliphatic rings. The highest BCUT2D eigenvalue weighted by Crippen LogP contribution is 2.10. The van der Waals surface area contributed by atoms with Crippen molar-refractivity contribution >= 4 is 17.8 Å². The molecule has 0 spiro atoms. The second kappa shape index (κ2) is 4.40. The van der Waals surface area contributed by atoms with E-state index in [4.69, 9.17) is 16.2 Å². The number of aromatic nitrogens is 3. The van der Waals surface area contributed by atoms with Gasteiger partial charge in [0.25, 0.3) is 0 Å². The number of carbonyl (C=O) groups excluding carboxylic acids is 1. The zero-order valence-corrected chi connectivity index (χ0v) is 8.47. The Bertz CT molecular complexity index is 368. The van der Waals surface area contributed by atoms with Gasteiger partial charge in [0.05, 0.1) is 13.7 Å². The molecule has 0 bridgehead atoms. The van der Waals surface area contributed by atoms with Crippen LogP contribution in [0.3, 0.4) is 0 Å². The zero-order valence-electron chi connectivity index (χ0n) is 8.47. The number of primary amides is 1. The Kier molecular flexibility index (Phi) is 3.21. The number of hydrogen-bond acceptors (Lipinski definition) is 7. The van der Waals surface area contributed by atoms with Crippen molar-refractivity contribution in [1.29, 1.82) is 0 Å². The zero-order chi connectivity index (χ0) is 11.4. The van der Waals surface area contributed by atoms with Gasteiger partial charge < -0.3 is 21.1 Å². The van der Waals surface area contributed by atoms with E-state index in [1.54, 1.807) is 7.05 Å². The second-order valence-electron chi connectivity index (χ2n) is 2.80. The van der Waals surface area contributed by atoms with Crippen molar-refractivity contribution in [3.05, 3.63) is 0 Å². The Morgan fingerprint density at radius 1 is 1.47 bits per heavy atom. The minimum atomic E-state index is -0.490. The number of nitrogens with zero attached hydrogens (tertiary/aromatic N) is 4. The minimum absolute atomic E-state index is 0.00733. The highest BCUT2D eigenvalue weighted by Gasteiger charge is 2.10. The summed E-state index contributed by atoms with van der Waals surface area (Å²) in [6, 6.07) is 0.0915. The summed E-state index contributed by atoms with van der Waals surface area (Å²) in [5.41, 5.74) is 10.4. The molecule has 0 aromatic carbocycles. The van der Waals surface area contributed by atoms with E-state index in [2.05, 4.69) is 15.0 Å². The van der Waals surface area contributed by atoms with Gasteiger partial charge in [-0.1, -0.05) is 0 Å². The fourth-order valence-corrected chi connectivity index (χ4v) is 0.927. The number of hydrogen-bond donors (Lipinski definition) is 2. The fraction of sp³-hybridized carbons (Fsp3) is 0.429. The largest absolute Gasteiger partial charge is 0.467 e. The van der Waals surface area contributed by atoms with Crippen LogP contribution >= 0.6 is 0 Å². The number of rotatable bonds is 4. The number of likely N-dealkylation sites (N-methyl/N-ethyl adjacent to an activating group) is 1. The van der Waals surface area contributed by atoms with Crippen LogP contribution in [0.5, 0.6) is 6.01 Å². The first kappa shape index (κ1) is 11.0. The molecule has 0 unspecified atom stereocenters. The van der Waals surface area contributed by atoms with Crippen molar-refractivity contribution in [2.45, 2.75) is 0 Å². The molecule has 1 aromatic rings. The smallest absolute Gasteiger partial charge is 0.322 e. The maximum absolute atomic E-state index is 10.7. The molecule has 15 heavy (non-hydrogen) atoms. The summed E-state index contributed by atoms with van der Waals surface area (Å²) >= 11 is 0. The first-order chi connectivity index (χ1) is 7.02. The van der Waals surface area contributed by atoms with Crippen LogP contribution < -0.4 is 21.1 Å². The molecule has 0 aliphatic heterocycles. The number of ether oxygens (including phenoxy) is 1. The summed E-state index contributed by atoms with van der Waals surface area (Å²) < 4.78 is 4.81. The van der Waals surface area contributed by atoms with E-state index < -0.39 is 5.91 Å². The number of nitrogen functional groups attached to an aromatic ring is 1. The lowest BCUT2D eigenvalue weighted by molar-refractivity contribution is -0.116. The summed E-state index contributed by atoms with van der Waals surface area (Å²) in [7, 11) is 3.02. The maximum atomic E-state index is 10.7. The summed E-state index contributed by atoms with van der Waals surface area (Å²) in [5.74, 6) is -0.234. The minimum Gasteiger partial charge on any atom is -0.467 e. The molecule has 0 aliphatic carbocycles. The van der Waals surface area contributed by atoms with E-state index in [9.17, 15) is 4.79 Å². The Balaban J connectivity index is 2.92. The first-order valence-corrected chi connectivity index (χ1v) is 4.08. The highest BCUT2D eigenvalue weighted by atomic mass is 16.5. The van der Waals surface area contributed by atoms with Gasteiger partial charge in [0.15, 0.2) is 0 Å². The van der Waals surface area contributed by atoms with Gasteiger partial charge in [-0.2, -0.15) is 15.0 Å². The van der Waals surface area contributed by atoms with Gasteiger partial charge in [-0.15, -0.1) is 0 Å². The van der Waals surface area contributed by atoms with Crippen molar-refractivity contribution in [3.63, 3.8) is 0 Å². The van der Waals surface area contributed by atoms with Gasteiger partial charge in [-0.3, -0.25) is 4.79 Å². The van der Waals surface area contributed by atoms with Crippen molar-refractivity contribution < 1.29 is 9.53 Å². The Morgan fingerprint density at radius 3 is 2.67 bits per heavy atom. The van der Waals surface area contributed by atoms with E-state index >= 15 is 0 Å². The van der Waals surface area contributed by atoms with Gasteiger partial charge in [0, 0.05) is 7.05 Å². The summed E-state index contributed by atoms with van der Waals surface area (Å²) in [6.07, 6.45) is 0. The predicted octanol–water partition coefficient (Wildman–Crippen LogP) is -1.62. The molecule has 1 amide bonds. The molecule has 82 valence electrons. The molecular formula is C7H12N6O2. The molecule has 1 heterocycles. The Morgan fingerprint density at radius 2 is 2.13 bits per heavy atom. The van der Waals surface area contributed by atoms with Crippen LogP contribution in [0, 0.1) is 0 Å². The van der Waals surface area contributed by atoms with Crippen LogP contribution in [-0.4, -0.2) is 41.6 Å². The average Bonchev–Trinajstić information content (AvgIpc) is 2.15. The molecule has 0 radical (unpaired) electrons. The molecule has 8 nitrogen and oxygen atoms in total. The SMILES string of the molecule is COc1nc(N)nc(N(C)CC(N)=O)n1. The third-order valence-electron chi connectivity index (χ3n) is 1.54. The van der Waals surface area contributed by atoms with Crippen molar-refractivity contribution in [2.24, 2.45) is 5.73 Å². The summed E-state index contributed by atoms with van der Waals surface area (Å²) in [6.45, 7) is -0.00733. The third kappa shape index (κ3) is 2.93. The van der Waals surface area contributed by atoms with Gasteiger partial charge >= 0.3 is 6.01 Å². The molecule has 0 fully saturated rings. The molecular weight excluding hydrogens is 200 g/mol. The van der Waals surface area contributed by atoms with Crippen LogP contribution in [0.4, 0.5) is 11.9 Å². The van der Waals surface area contributed by atoms with Crippen LogP contribution in [-0.2, 0) is 4.79 Å². The first-order valence-electron chi connectivity index (χ1n) is 4.08. The van der Waals surface area contributed by atoms with E-state index in [0.29, 0.717) is 0 Å². The quantitative estimate of drug-likeness (QED) is 0.615. The average molecular weight is 212 g/mol. The topological polar surface area (TPSA) is 120 Å². The van der Waals surface area contributed by atoms with Crippen LogP contribution in [0.2, 0.25) is 0 Å². The van der Waals surface area contributed by atoms with Gasteiger partial charge in [-0.05, 0) is 0 Å². The Hall–Kier alpha value is -2.12. The van der Waals surface area contributed by atoms with Gasteiger partial charge in [-0.25, -0.2) is 0 Å². The van der Waals surface area contributed by atoms with Gasteiger partial charge in [0.1, 0.15) is 0 Å². The maximum Gasteiger partial charge on any atom is 0.322 e. The number of methoxy groups -OCH3 is 1. The normalized spacial score (nSPS) is 9.73. The van der Waals surface area contributed by atoms with Crippen molar-refractivity contribution in [2.75, 3.05) is 31.3 Å². The molecule has 0 atom stereocenters. The lowest BCUT2D eigenvalue weighted by Crippen LogP contribution is -2.32. The predicted molar refractivity (Wildman–Crippen MR) is 53.3 cm³/mol. The van der Waals surface area contributed by atoms with E-state index in [1.165, 1.54) is 12.0 Å². The fourth-order valence-electron chi connectivity index (χ4n) is 0.927. The van der Waals surface area contributed by atoms with Gasteiger partial charge in [0.2, 0.25) is 17.8 Å². The third-order valence-corrected chi connectivity index (χ3v) is 1.54. The van der Waals surface area contributed by atoms with E-state index in [1.807, 2.05) is 0 Å². The van der Waals surface area contributed by atoms with Crippen LogP contribution in [0.1, 0.15) is 0 Å². The summed E-state index contributed by atoms with van der Waals surface area (Å²) in [4.78, 5) is 23.5. The number of carbonyl (C=O) groups is 1. The molecule has 0 saturated carbocycles. The molecule has 0 saturated heterocycles. The lowest BCUT2D eigenvalue weighted by atomic mass is 10.5. The lowest BCUT2D eigenvalue weighted by Gasteiger charge is -2.14. The number of nitrogens with two attached hydrogens (primary N) is 2.